The van der Waals surface area contributed by atoms with Gasteiger partial charge >= 0.3 is 0 Å². The zero-order valence-corrected chi connectivity index (χ0v) is 9.01. The molecule has 0 N–H and O–H groups in total. The molecule has 0 spiro atoms. The van der Waals surface area contributed by atoms with E-state index in [-0.39, 0.29) is 11.4 Å². The third kappa shape index (κ3) is 2.32. The van der Waals surface area contributed by atoms with Crippen LogP contribution >= 0.6 is 0 Å². The predicted molar refractivity (Wildman–Crippen MR) is 55.7 cm³/mol. The fourth-order valence-corrected chi connectivity index (χ4v) is 1.66. The van der Waals surface area contributed by atoms with Gasteiger partial charge in [0.05, 0.1) is 5.60 Å². The van der Waals surface area contributed by atoms with Gasteiger partial charge in [-0.1, -0.05) is 25.5 Å². The molecule has 1 nitrogen and oxygen atoms in total. The van der Waals surface area contributed by atoms with Gasteiger partial charge in [0.15, 0.2) is 0 Å². The summed E-state index contributed by atoms with van der Waals surface area (Å²) in [6.45, 7) is 4.09. The van der Waals surface area contributed by atoms with Crippen LogP contribution in [0.4, 0.5) is 4.39 Å². The molecule has 0 aromatic heterocycles. The highest BCUT2D eigenvalue weighted by molar-refractivity contribution is 5.22. The summed E-state index contributed by atoms with van der Waals surface area (Å²) in [5.41, 5.74) is 0.540. The average molecular weight is 196 g/mol. The molecule has 1 unspecified atom stereocenters. The maximum absolute atomic E-state index is 13.0. The number of benzene rings is 1. The van der Waals surface area contributed by atoms with Gasteiger partial charge in [-0.2, -0.15) is 0 Å². The van der Waals surface area contributed by atoms with Gasteiger partial charge < -0.3 is 4.74 Å². The van der Waals surface area contributed by atoms with Crippen LogP contribution in [0.5, 0.6) is 0 Å². The zero-order chi connectivity index (χ0) is 10.6. The summed E-state index contributed by atoms with van der Waals surface area (Å²) in [6, 6.07) is 6.62. The normalized spacial score (nSPS) is 15.1. The van der Waals surface area contributed by atoms with E-state index in [0.29, 0.717) is 0 Å². The summed E-state index contributed by atoms with van der Waals surface area (Å²) >= 11 is 0. The van der Waals surface area contributed by atoms with E-state index >= 15 is 0 Å². The van der Waals surface area contributed by atoms with Crippen molar-refractivity contribution >= 4 is 0 Å². The molecule has 0 bridgehead atoms. The van der Waals surface area contributed by atoms with E-state index in [0.717, 1.165) is 18.4 Å². The topological polar surface area (TPSA) is 9.23 Å². The molecular formula is C12H17FO. The fourth-order valence-electron chi connectivity index (χ4n) is 1.66. The van der Waals surface area contributed by atoms with Gasteiger partial charge in [0.2, 0.25) is 0 Å². The van der Waals surface area contributed by atoms with Crippen LogP contribution < -0.4 is 0 Å². The molecule has 0 heterocycles. The van der Waals surface area contributed by atoms with Crippen LogP contribution in [-0.4, -0.2) is 7.11 Å². The van der Waals surface area contributed by atoms with Gasteiger partial charge in [0, 0.05) is 7.11 Å². The second-order valence-electron chi connectivity index (χ2n) is 3.70. The quantitative estimate of drug-likeness (QED) is 0.716. The Bertz CT molecular complexity index is 298. The van der Waals surface area contributed by atoms with Crippen molar-refractivity contribution in [1.29, 1.82) is 0 Å². The van der Waals surface area contributed by atoms with Crippen molar-refractivity contribution in [3.8, 4) is 0 Å². The number of methoxy groups -OCH3 is 1. The second-order valence-corrected chi connectivity index (χ2v) is 3.70. The number of ether oxygens (including phenoxy) is 1. The Hall–Kier alpha value is -0.890. The van der Waals surface area contributed by atoms with E-state index in [2.05, 4.69) is 6.92 Å². The summed E-state index contributed by atoms with van der Waals surface area (Å²) in [7, 11) is 1.67. The van der Waals surface area contributed by atoms with E-state index in [4.69, 9.17) is 4.74 Å². The van der Waals surface area contributed by atoms with Crippen molar-refractivity contribution in [2.45, 2.75) is 32.3 Å². The molecule has 1 aromatic carbocycles. The molecule has 78 valence electrons. The van der Waals surface area contributed by atoms with E-state index in [1.807, 2.05) is 13.0 Å². The molecule has 0 saturated heterocycles. The standard InChI is InChI=1S/C12H17FO/c1-4-8-12(2,14-3)10-6-5-7-11(13)9-10/h5-7,9H,4,8H2,1-3H3. The minimum absolute atomic E-state index is 0.207. The molecule has 0 aliphatic rings. The van der Waals surface area contributed by atoms with Crippen LogP contribution in [0.1, 0.15) is 32.3 Å². The molecule has 0 aliphatic heterocycles. The third-order valence-corrected chi connectivity index (χ3v) is 2.61. The average Bonchev–Trinajstić information content (AvgIpc) is 2.18. The van der Waals surface area contributed by atoms with Crippen molar-refractivity contribution < 1.29 is 9.13 Å². The molecule has 0 amide bonds. The van der Waals surface area contributed by atoms with Crippen molar-refractivity contribution in [2.24, 2.45) is 0 Å². The first-order chi connectivity index (χ1) is 6.62. The number of rotatable bonds is 4. The molecule has 2 heteroatoms. The van der Waals surface area contributed by atoms with Gasteiger partial charge in [-0.3, -0.25) is 0 Å². The lowest BCUT2D eigenvalue weighted by atomic mass is 9.91. The smallest absolute Gasteiger partial charge is 0.123 e. The first kappa shape index (κ1) is 11.2. The molecule has 0 saturated carbocycles. The van der Waals surface area contributed by atoms with Crippen LogP contribution in [0.15, 0.2) is 24.3 Å². The number of halogens is 1. The summed E-state index contributed by atoms with van der Waals surface area (Å²) < 4.78 is 18.5. The van der Waals surface area contributed by atoms with E-state index in [1.54, 1.807) is 19.2 Å². The highest BCUT2D eigenvalue weighted by atomic mass is 19.1. The highest BCUT2D eigenvalue weighted by Crippen LogP contribution is 2.29. The Labute approximate surface area is 84.9 Å². The SMILES string of the molecule is CCCC(C)(OC)c1cccc(F)c1. The van der Waals surface area contributed by atoms with Gasteiger partial charge in [-0.05, 0) is 31.0 Å². The minimum atomic E-state index is -0.364. The molecule has 1 rings (SSSR count). The van der Waals surface area contributed by atoms with Crippen LogP contribution in [-0.2, 0) is 10.3 Å². The van der Waals surface area contributed by atoms with Crippen molar-refractivity contribution in [1.82, 2.24) is 0 Å². The Morgan fingerprint density at radius 2 is 2.14 bits per heavy atom. The van der Waals surface area contributed by atoms with E-state index in [1.165, 1.54) is 6.07 Å². The molecule has 14 heavy (non-hydrogen) atoms. The summed E-state index contributed by atoms with van der Waals surface area (Å²) in [4.78, 5) is 0. The van der Waals surface area contributed by atoms with Gasteiger partial charge in [-0.25, -0.2) is 4.39 Å². The molecule has 0 fully saturated rings. The molecule has 1 atom stereocenters. The molecular weight excluding hydrogens is 179 g/mol. The van der Waals surface area contributed by atoms with Crippen LogP contribution in [0, 0.1) is 5.82 Å². The minimum Gasteiger partial charge on any atom is -0.374 e. The summed E-state index contributed by atoms with van der Waals surface area (Å²) in [6.07, 6.45) is 1.91. The Morgan fingerprint density at radius 3 is 2.64 bits per heavy atom. The molecule has 0 radical (unpaired) electrons. The Morgan fingerprint density at radius 1 is 1.43 bits per heavy atom. The number of hydrogen-bond donors (Lipinski definition) is 0. The molecule has 1 aromatic rings. The summed E-state index contributed by atoms with van der Waals surface area (Å²) in [5.74, 6) is -0.207. The maximum Gasteiger partial charge on any atom is 0.123 e. The highest BCUT2D eigenvalue weighted by Gasteiger charge is 2.25. The maximum atomic E-state index is 13.0. The van der Waals surface area contributed by atoms with Gasteiger partial charge in [-0.15, -0.1) is 0 Å². The van der Waals surface area contributed by atoms with E-state index in [9.17, 15) is 4.39 Å². The lowest BCUT2D eigenvalue weighted by molar-refractivity contribution is -0.00633. The number of hydrogen-bond acceptors (Lipinski definition) is 1. The fraction of sp³-hybridized carbons (Fsp3) is 0.500. The van der Waals surface area contributed by atoms with Gasteiger partial charge in [0.1, 0.15) is 5.82 Å². The molecule has 0 aliphatic carbocycles. The van der Waals surface area contributed by atoms with Crippen molar-refractivity contribution in [2.75, 3.05) is 7.11 Å². The van der Waals surface area contributed by atoms with Crippen LogP contribution in [0.3, 0.4) is 0 Å². The summed E-state index contributed by atoms with van der Waals surface area (Å²) in [5, 5.41) is 0. The largest absolute Gasteiger partial charge is 0.374 e. The first-order valence-electron chi connectivity index (χ1n) is 4.93. The van der Waals surface area contributed by atoms with E-state index < -0.39 is 0 Å². The van der Waals surface area contributed by atoms with Crippen LogP contribution in [0.25, 0.3) is 0 Å². The zero-order valence-electron chi connectivity index (χ0n) is 9.01. The lowest BCUT2D eigenvalue weighted by Crippen LogP contribution is -2.24. The van der Waals surface area contributed by atoms with Gasteiger partial charge in [0.25, 0.3) is 0 Å². The Kier molecular flexibility index (Phi) is 3.64. The second kappa shape index (κ2) is 4.56. The predicted octanol–water partition coefficient (Wildman–Crippen LogP) is 3.49. The van der Waals surface area contributed by atoms with Crippen LogP contribution in [0.2, 0.25) is 0 Å². The first-order valence-corrected chi connectivity index (χ1v) is 4.93. The van der Waals surface area contributed by atoms with Crippen molar-refractivity contribution in [3.63, 3.8) is 0 Å². The monoisotopic (exact) mass is 196 g/mol. The lowest BCUT2D eigenvalue weighted by Gasteiger charge is -2.28. The third-order valence-electron chi connectivity index (χ3n) is 2.61. The Balaban J connectivity index is 2.99. The van der Waals surface area contributed by atoms with Crippen molar-refractivity contribution in [3.05, 3.63) is 35.6 Å².